The molecule has 174 valence electrons. The molecule has 7 nitrogen and oxygen atoms in total. The van der Waals surface area contributed by atoms with E-state index in [-0.39, 0.29) is 11.7 Å². The van der Waals surface area contributed by atoms with Gasteiger partial charge >= 0.3 is 0 Å². The molecule has 32 heavy (non-hydrogen) atoms. The second-order valence-corrected chi connectivity index (χ2v) is 8.41. The van der Waals surface area contributed by atoms with Crippen LogP contribution in [0, 0.1) is 5.82 Å². The minimum atomic E-state index is -1.33. The average molecular weight is 448 g/mol. The summed E-state index contributed by atoms with van der Waals surface area (Å²) in [7, 11) is 1.44. The lowest BCUT2D eigenvalue weighted by Crippen LogP contribution is -2.63. The Bertz CT molecular complexity index is 950. The van der Waals surface area contributed by atoms with Crippen LogP contribution in [0.4, 0.5) is 4.39 Å². The van der Waals surface area contributed by atoms with Crippen molar-refractivity contribution in [3.63, 3.8) is 0 Å². The van der Waals surface area contributed by atoms with Crippen LogP contribution in [0.2, 0.25) is 0 Å². The number of aliphatic hydroxyl groups excluding tert-OH is 2. The van der Waals surface area contributed by atoms with Gasteiger partial charge in [0.1, 0.15) is 29.9 Å². The van der Waals surface area contributed by atoms with Crippen LogP contribution in [0.1, 0.15) is 26.3 Å². The monoisotopic (exact) mass is 447 g/mol. The van der Waals surface area contributed by atoms with E-state index in [0.29, 0.717) is 24.3 Å². The Morgan fingerprint density at radius 2 is 1.94 bits per heavy atom. The molecule has 4 atom stereocenters. The van der Waals surface area contributed by atoms with Crippen molar-refractivity contribution in [1.29, 1.82) is 0 Å². The summed E-state index contributed by atoms with van der Waals surface area (Å²) in [6.45, 7) is 5.37. The van der Waals surface area contributed by atoms with Crippen molar-refractivity contribution in [2.45, 2.75) is 57.4 Å². The van der Waals surface area contributed by atoms with Crippen LogP contribution in [-0.2, 0) is 20.7 Å². The lowest BCUT2D eigenvalue weighted by atomic mass is 9.89. The number of rotatable bonds is 7. The van der Waals surface area contributed by atoms with E-state index in [2.05, 4.69) is 5.32 Å². The standard InChI is InChI=1S/C24H30FNO6/c1-14(27)26-11-10-15-8-9-18(13-19(15)16-6-5-7-17(25)12-16)31-23-21(29)20(28)22(30-4)24(2,3)32-23/h5-9,12-13,20-23,28-29H,10-11H2,1-4H3,(H,26,27)/t20-,21+,22?,23-/m0/s1. The minimum Gasteiger partial charge on any atom is -0.462 e. The van der Waals surface area contributed by atoms with Gasteiger partial charge in [-0.1, -0.05) is 18.2 Å². The highest BCUT2D eigenvalue weighted by atomic mass is 19.1. The first-order chi connectivity index (χ1) is 15.1. The molecule has 0 aliphatic carbocycles. The molecule has 1 aliphatic heterocycles. The van der Waals surface area contributed by atoms with Crippen LogP contribution in [0.25, 0.3) is 11.1 Å². The minimum absolute atomic E-state index is 0.128. The van der Waals surface area contributed by atoms with Gasteiger partial charge in [-0.2, -0.15) is 0 Å². The molecule has 0 saturated carbocycles. The third kappa shape index (κ3) is 5.45. The van der Waals surface area contributed by atoms with Crippen molar-refractivity contribution in [2.75, 3.05) is 13.7 Å². The summed E-state index contributed by atoms with van der Waals surface area (Å²) in [5.74, 6) is -0.116. The quantitative estimate of drug-likeness (QED) is 0.603. The molecule has 1 aliphatic rings. The number of hydrogen-bond donors (Lipinski definition) is 3. The van der Waals surface area contributed by atoms with E-state index < -0.39 is 30.2 Å². The zero-order valence-electron chi connectivity index (χ0n) is 18.7. The Morgan fingerprint density at radius 3 is 2.59 bits per heavy atom. The molecule has 8 heteroatoms. The fourth-order valence-electron chi connectivity index (χ4n) is 3.98. The van der Waals surface area contributed by atoms with Crippen molar-refractivity contribution in [1.82, 2.24) is 5.32 Å². The molecule has 2 aromatic carbocycles. The van der Waals surface area contributed by atoms with E-state index in [1.165, 1.54) is 26.2 Å². The maximum atomic E-state index is 13.9. The Labute approximate surface area is 187 Å². The van der Waals surface area contributed by atoms with Gasteiger partial charge in [0.05, 0.1) is 5.60 Å². The van der Waals surface area contributed by atoms with Gasteiger partial charge in [-0.25, -0.2) is 4.39 Å². The summed E-state index contributed by atoms with van der Waals surface area (Å²) in [5, 5.41) is 23.7. The highest BCUT2D eigenvalue weighted by Gasteiger charge is 2.50. The molecule has 0 radical (unpaired) electrons. The van der Waals surface area contributed by atoms with Crippen LogP contribution in [0.15, 0.2) is 42.5 Å². The number of nitrogens with one attached hydrogen (secondary N) is 1. The predicted molar refractivity (Wildman–Crippen MR) is 117 cm³/mol. The van der Waals surface area contributed by atoms with Crippen molar-refractivity contribution in [3.05, 3.63) is 53.8 Å². The van der Waals surface area contributed by atoms with Crippen LogP contribution in [0.3, 0.4) is 0 Å². The molecule has 1 amide bonds. The fourth-order valence-corrected chi connectivity index (χ4v) is 3.98. The van der Waals surface area contributed by atoms with E-state index in [4.69, 9.17) is 14.2 Å². The van der Waals surface area contributed by atoms with Gasteiger partial charge in [0.25, 0.3) is 0 Å². The van der Waals surface area contributed by atoms with Crippen molar-refractivity contribution < 1.29 is 33.6 Å². The Morgan fingerprint density at radius 1 is 1.19 bits per heavy atom. The fraction of sp³-hybridized carbons (Fsp3) is 0.458. The van der Waals surface area contributed by atoms with Gasteiger partial charge in [0.15, 0.2) is 0 Å². The number of methoxy groups -OCH3 is 1. The predicted octanol–water partition coefficient (Wildman–Crippen LogP) is 2.42. The summed E-state index contributed by atoms with van der Waals surface area (Å²) >= 11 is 0. The number of hydrogen-bond acceptors (Lipinski definition) is 6. The molecule has 3 rings (SSSR count). The van der Waals surface area contributed by atoms with Gasteiger partial charge in [0, 0.05) is 20.6 Å². The van der Waals surface area contributed by atoms with Gasteiger partial charge < -0.3 is 29.7 Å². The normalized spacial score (nSPS) is 24.7. The van der Waals surface area contributed by atoms with E-state index in [0.717, 1.165) is 11.1 Å². The van der Waals surface area contributed by atoms with E-state index in [1.807, 2.05) is 6.07 Å². The number of aliphatic hydroxyl groups is 2. The van der Waals surface area contributed by atoms with E-state index >= 15 is 0 Å². The first kappa shape index (κ1) is 24.1. The lowest BCUT2D eigenvalue weighted by Gasteiger charge is -2.46. The number of carbonyl (C=O) groups is 1. The summed E-state index contributed by atoms with van der Waals surface area (Å²) in [6, 6.07) is 11.5. The molecule has 3 N–H and O–H groups in total. The summed E-state index contributed by atoms with van der Waals surface area (Å²) < 4.78 is 31.0. The van der Waals surface area contributed by atoms with Crippen LogP contribution in [-0.4, -0.2) is 60.0 Å². The molecule has 1 saturated heterocycles. The molecule has 1 fully saturated rings. The number of ether oxygens (including phenoxy) is 3. The van der Waals surface area contributed by atoms with Crippen molar-refractivity contribution in [3.8, 4) is 16.9 Å². The Kier molecular flexibility index (Phi) is 7.51. The molecule has 1 unspecified atom stereocenters. The zero-order chi connectivity index (χ0) is 23.5. The van der Waals surface area contributed by atoms with Crippen LogP contribution in [0.5, 0.6) is 5.75 Å². The molecular formula is C24H30FNO6. The third-order valence-electron chi connectivity index (χ3n) is 5.54. The molecule has 1 heterocycles. The van der Waals surface area contributed by atoms with Gasteiger partial charge in [-0.15, -0.1) is 0 Å². The molecule has 0 aromatic heterocycles. The van der Waals surface area contributed by atoms with Crippen molar-refractivity contribution >= 4 is 5.91 Å². The summed E-state index contributed by atoms with van der Waals surface area (Å²) in [5.41, 5.74) is 1.37. The first-order valence-corrected chi connectivity index (χ1v) is 10.5. The number of amides is 1. The van der Waals surface area contributed by atoms with Gasteiger partial charge in [-0.05, 0) is 61.2 Å². The third-order valence-corrected chi connectivity index (χ3v) is 5.54. The highest BCUT2D eigenvalue weighted by Crippen LogP contribution is 2.34. The maximum absolute atomic E-state index is 13.9. The van der Waals surface area contributed by atoms with Crippen LogP contribution < -0.4 is 10.1 Å². The zero-order valence-corrected chi connectivity index (χ0v) is 18.7. The lowest BCUT2D eigenvalue weighted by molar-refractivity contribution is -0.305. The smallest absolute Gasteiger partial charge is 0.229 e. The van der Waals surface area contributed by atoms with Crippen LogP contribution >= 0.6 is 0 Å². The number of halogens is 1. The number of benzene rings is 2. The van der Waals surface area contributed by atoms with Gasteiger partial charge in [0.2, 0.25) is 12.2 Å². The maximum Gasteiger partial charge on any atom is 0.229 e. The van der Waals surface area contributed by atoms with E-state index in [1.54, 1.807) is 38.1 Å². The SMILES string of the molecule is COC1[C@@H](O)[C@@H](O)[C@@H](Oc2ccc(CCNC(C)=O)c(-c3cccc(F)c3)c2)OC1(C)C. The van der Waals surface area contributed by atoms with Crippen molar-refractivity contribution in [2.24, 2.45) is 0 Å². The molecule has 0 bridgehead atoms. The molecule has 0 spiro atoms. The van der Waals surface area contributed by atoms with E-state index in [9.17, 15) is 19.4 Å². The number of carbonyl (C=O) groups excluding carboxylic acids is 1. The van der Waals surface area contributed by atoms with Gasteiger partial charge in [-0.3, -0.25) is 4.79 Å². The first-order valence-electron chi connectivity index (χ1n) is 10.5. The second kappa shape index (κ2) is 9.95. The topological polar surface area (TPSA) is 97.3 Å². The second-order valence-electron chi connectivity index (χ2n) is 8.41. The summed E-state index contributed by atoms with van der Waals surface area (Å²) in [4.78, 5) is 11.2. The highest BCUT2D eigenvalue weighted by molar-refractivity contribution is 5.73. The average Bonchev–Trinajstić information content (AvgIpc) is 2.72. The Balaban J connectivity index is 1.89. The largest absolute Gasteiger partial charge is 0.462 e. The Hall–Kier alpha value is -2.52. The molecule has 2 aromatic rings. The summed E-state index contributed by atoms with van der Waals surface area (Å²) in [6.07, 6.45) is -3.85. The molecular weight excluding hydrogens is 417 g/mol.